The normalized spacial score (nSPS) is 25.3. The zero-order valence-corrected chi connectivity index (χ0v) is 50.6. The summed E-state index contributed by atoms with van der Waals surface area (Å²) in [4.78, 5) is 113. The molecule has 1 aromatic heterocycles. The van der Waals surface area contributed by atoms with Crippen LogP contribution >= 0.6 is 23.8 Å². The molecular formula is C62H78ClN7O13S. The highest BCUT2D eigenvalue weighted by Gasteiger charge is 2.64. The van der Waals surface area contributed by atoms with Gasteiger partial charge in [0.15, 0.2) is 5.78 Å². The van der Waals surface area contributed by atoms with E-state index in [1.165, 1.54) is 29.1 Å². The van der Waals surface area contributed by atoms with Crippen LogP contribution in [0, 0.1) is 24.7 Å². The molecule has 20 nitrogen and oxygen atoms in total. The number of ether oxygens (including phenoxy) is 4. The van der Waals surface area contributed by atoms with Gasteiger partial charge >= 0.3 is 18.1 Å². The van der Waals surface area contributed by atoms with Gasteiger partial charge in [0.25, 0.3) is 11.8 Å². The van der Waals surface area contributed by atoms with Gasteiger partial charge < -0.3 is 45.3 Å². The number of aryl methyl sites for hydroxylation is 1. The fourth-order valence-electron chi connectivity index (χ4n) is 11.3. The maximum atomic E-state index is 14.4. The Labute approximate surface area is 500 Å². The number of hydrogen-bond donors (Lipinski definition) is 5. The van der Waals surface area contributed by atoms with Crippen molar-refractivity contribution in [2.75, 3.05) is 37.5 Å². The Balaban J connectivity index is 1.03. The molecule has 4 aliphatic heterocycles. The van der Waals surface area contributed by atoms with Crippen molar-refractivity contribution in [3.8, 4) is 0 Å². The van der Waals surface area contributed by atoms with Crippen molar-refractivity contribution in [1.29, 1.82) is 0 Å². The second kappa shape index (κ2) is 28.3. The molecule has 6 N–H and O–H groups in total. The third-order valence-corrected chi connectivity index (χ3v) is 17.2. The van der Waals surface area contributed by atoms with E-state index < -0.39 is 77.5 Å². The number of aromatic nitrogens is 1. The lowest BCUT2D eigenvalue weighted by molar-refractivity contribution is -0.187. The Morgan fingerprint density at radius 1 is 1.01 bits per heavy atom. The largest absolute Gasteiger partial charge is 0.462 e. The molecule has 2 fully saturated rings. The van der Waals surface area contributed by atoms with Crippen molar-refractivity contribution in [2.24, 2.45) is 23.5 Å². The number of fused-ring (bicyclic) bond motifs is 6. The minimum absolute atomic E-state index is 0.0266. The molecule has 2 saturated heterocycles. The molecule has 0 spiro atoms. The minimum atomic E-state index is -1.62. The Bertz CT molecular complexity index is 3110. The van der Waals surface area contributed by atoms with Crippen molar-refractivity contribution >= 4 is 98.5 Å². The molecule has 4 bridgehead atoms. The smallest absolute Gasteiger partial charge is 0.412 e. The number of imide groups is 1. The number of rotatable bonds is 21. The molecule has 452 valence electrons. The first-order valence-corrected chi connectivity index (χ1v) is 29.4. The zero-order chi connectivity index (χ0) is 61.2. The van der Waals surface area contributed by atoms with Crippen LogP contribution in [0.1, 0.15) is 116 Å². The van der Waals surface area contributed by atoms with Gasteiger partial charge in [-0.2, -0.15) is 0 Å². The number of ketones is 1. The van der Waals surface area contributed by atoms with E-state index in [0.29, 0.717) is 76.5 Å². The van der Waals surface area contributed by atoms with Crippen LogP contribution in [0.5, 0.6) is 0 Å². The van der Waals surface area contributed by atoms with Crippen molar-refractivity contribution in [2.45, 2.75) is 160 Å². The van der Waals surface area contributed by atoms with Crippen LogP contribution in [0.3, 0.4) is 0 Å². The van der Waals surface area contributed by atoms with Gasteiger partial charge in [-0.05, 0) is 118 Å². The summed E-state index contributed by atoms with van der Waals surface area (Å²) in [6.07, 6.45) is 6.82. The molecule has 22 heteroatoms. The lowest BCUT2D eigenvalue weighted by Gasteiger charge is -2.41. The minimum Gasteiger partial charge on any atom is -0.462 e. The van der Waals surface area contributed by atoms with Gasteiger partial charge in [-0.25, -0.2) is 9.59 Å². The molecule has 5 heterocycles. The first kappa shape index (κ1) is 64.6. The predicted molar refractivity (Wildman–Crippen MR) is 321 cm³/mol. The summed E-state index contributed by atoms with van der Waals surface area (Å²) < 4.78 is 24.1. The van der Waals surface area contributed by atoms with Gasteiger partial charge in [-0.15, -0.1) is 0 Å². The van der Waals surface area contributed by atoms with Crippen LogP contribution in [0.2, 0.25) is 5.02 Å². The fourth-order valence-corrected chi connectivity index (χ4v) is 11.9. The van der Waals surface area contributed by atoms with Crippen LogP contribution < -0.4 is 26.6 Å². The molecule has 84 heavy (non-hydrogen) atoms. The zero-order valence-electron chi connectivity index (χ0n) is 49.0. The van der Waals surface area contributed by atoms with Crippen LogP contribution in [0.25, 0.3) is 10.9 Å². The quantitative estimate of drug-likeness (QED) is 0.0222. The molecule has 0 radical (unpaired) electrons. The second-order valence-corrected chi connectivity index (χ2v) is 24.1. The number of thiocarbonyl (C=S) groups is 1. The number of benzene rings is 2. The van der Waals surface area contributed by atoms with E-state index in [1.807, 2.05) is 52.8 Å². The number of amides is 7. The molecule has 3 aromatic rings. The lowest BCUT2D eigenvalue weighted by Crippen LogP contribution is -2.53. The van der Waals surface area contributed by atoms with Crippen molar-refractivity contribution in [1.82, 2.24) is 20.5 Å². The molecular weight excluding hydrogens is 1120 g/mol. The average Bonchev–Trinajstić information content (AvgIpc) is 1.72. The summed E-state index contributed by atoms with van der Waals surface area (Å²) in [6.45, 7) is 11.7. The summed E-state index contributed by atoms with van der Waals surface area (Å²) in [6, 6.07) is 10.6. The highest BCUT2D eigenvalue weighted by atomic mass is 35.5. The maximum absolute atomic E-state index is 14.4. The first-order valence-electron chi connectivity index (χ1n) is 28.6. The molecule has 0 unspecified atom stereocenters. The number of anilines is 2. The Hall–Kier alpha value is -6.91. The number of unbranched alkanes of at least 4 members (excludes halogenated alkanes) is 2. The van der Waals surface area contributed by atoms with Crippen LogP contribution in [0.4, 0.5) is 21.0 Å². The molecule has 0 aliphatic carbocycles. The van der Waals surface area contributed by atoms with Crippen molar-refractivity contribution in [3.63, 3.8) is 0 Å². The van der Waals surface area contributed by atoms with Crippen LogP contribution in [0.15, 0.2) is 78.4 Å². The molecule has 7 rings (SSSR count). The summed E-state index contributed by atoms with van der Waals surface area (Å²) in [5, 5.41) is 21.3. The topological polar surface area (TPSA) is 278 Å². The third-order valence-electron chi connectivity index (χ3n) is 16.3. The average molecular weight is 1200 g/mol. The van der Waals surface area contributed by atoms with Crippen LogP contribution in [-0.2, 0) is 60.6 Å². The van der Waals surface area contributed by atoms with Gasteiger partial charge in [0.05, 0.1) is 47.6 Å². The number of halogens is 1. The van der Waals surface area contributed by atoms with E-state index in [1.54, 1.807) is 56.5 Å². The number of nitrogens with zero attached hydrogens (tertiary/aromatic N) is 3. The number of carbonyl (C=O) groups is 8. The summed E-state index contributed by atoms with van der Waals surface area (Å²) in [7, 11) is 3.07. The number of methoxy groups -OCH3 is 1. The van der Waals surface area contributed by atoms with Crippen LogP contribution in [-0.4, -0.2) is 136 Å². The Kier molecular flexibility index (Phi) is 21.8. The number of urea groups is 1. The van der Waals surface area contributed by atoms with Gasteiger partial charge in [0, 0.05) is 74.4 Å². The molecule has 7 amide bonds. The first-order chi connectivity index (χ1) is 39.8. The van der Waals surface area contributed by atoms with E-state index in [4.69, 9.17) is 53.5 Å². The van der Waals surface area contributed by atoms with E-state index >= 15 is 0 Å². The Morgan fingerprint density at radius 2 is 1.75 bits per heavy atom. The van der Waals surface area contributed by atoms with Gasteiger partial charge in [0.1, 0.15) is 29.5 Å². The number of epoxide rings is 1. The maximum Gasteiger partial charge on any atom is 0.412 e. The van der Waals surface area contributed by atoms with Gasteiger partial charge in [-0.3, -0.25) is 44.0 Å². The fraction of sp³-hybridized carbons (Fsp3) is 0.516. The number of nitrogens with two attached hydrogens (primary N) is 1. The number of nitrogens with one attached hydrogen (secondary N) is 3. The van der Waals surface area contributed by atoms with Gasteiger partial charge in [0.2, 0.25) is 11.8 Å². The number of esters is 1. The van der Waals surface area contributed by atoms with Gasteiger partial charge in [-0.1, -0.05) is 86.9 Å². The summed E-state index contributed by atoms with van der Waals surface area (Å²) in [5.74, 6) is -3.47. The summed E-state index contributed by atoms with van der Waals surface area (Å²) >= 11 is 12.6. The second-order valence-electron chi connectivity index (χ2n) is 23.2. The molecule has 4 aliphatic rings. The summed E-state index contributed by atoms with van der Waals surface area (Å²) in [5.41, 5.74) is 6.76. The standard InChI is InChI=1S/C62H78ClN7O13S/c1-35(2)44(31-43(84)15-10-9-11-25-70-52(72)22-23-53(70)73)58(76)68-46(16-13-24-65-59(64)77)48(71)30-42-19-18-40-29-41(20-21-45(40)66-42)67-60(78)82-51-32-54(74)69(7)47-28-39(27-37(4)56(47)63)26-36(3)14-12-17-50(80-8)62(79)33-49(81-55(75)34-62)38(5)57-61(51,6)83-57/h12,14,17-23,27-29,35,38,44,46,49-51,57,79H,9-11,13,15-16,24-26,30-34H2,1-8H3,(H,67,78)(H,68,76)(H3,64,65,77)/b17-12+,36-14+/t38-,44+,46+,49+,50-,51+,57+,61+,62-/m1/s1. The van der Waals surface area contributed by atoms with E-state index in [9.17, 15) is 43.5 Å². The molecule has 9 atom stereocenters. The predicted octanol–water partition coefficient (Wildman–Crippen LogP) is 8.03. The Morgan fingerprint density at radius 3 is 2.45 bits per heavy atom. The number of primary amides is 1. The van der Waals surface area contributed by atoms with Crippen molar-refractivity contribution < 1.29 is 62.4 Å². The highest BCUT2D eigenvalue weighted by Crippen LogP contribution is 2.50. The number of carbonyl (C=O) groups excluding carboxylic acids is 8. The number of pyridine rings is 1. The van der Waals surface area contributed by atoms with Crippen molar-refractivity contribution in [3.05, 3.63) is 100 Å². The number of aliphatic hydroxyl groups is 1. The highest BCUT2D eigenvalue weighted by molar-refractivity contribution is 7.80. The number of hydrogen-bond acceptors (Lipinski definition) is 15. The molecule has 0 saturated carbocycles. The monoisotopic (exact) mass is 1200 g/mol. The van der Waals surface area contributed by atoms with E-state index in [-0.39, 0.29) is 68.1 Å². The number of Topliss-reactive ketones (excluding diaryl/α,β-unsaturated/α-hetero) is 1. The lowest BCUT2D eigenvalue weighted by atomic mass is 9.78. The molecule has 2 aromatic carbocycles. The van der Waals surface area contributed by atoms with E-state index in [0.717, 1.165) is 29.5 Å². The SMILES string of the molecule is CO[C@@H]1/C=C/C=C(\C)Cc2cc(C)c(Cl)c(c2)N(C)C(=O)C[C@H](OC(=O)Nc2ccc3nc(CC(=O)[C@H](CCCNC(N)=O)NC(=O)[C@@H](CC(=S)CCCCCN4C(=O)C=CC4=O)C(C)C)ccc3c2)[C@]2(C)O[C@H]2[C@H](C)[C@@H]2C[C@@]1(O)CC(=O)O2. The third kappa shape index (κ3) is 16.5. The number of allylic oxidation sites excluding steroid dienone is 3. The van der Waals surface area contributed by atoms with E-state index in [2.05, 4.69) is 16.0 Å².